The number of halogens is 3. The molecule has 0 N–H and O–H groups in total. The molecule has 2 heterocycles. The summed E-state index contributed by atoms with van der Waals surface area (Å²) in [4.78, 5) is 7.43. The van der Waals surface area contributed by atoms with Crippen LogP contribution in [0.4, 0.5) is 13.2 Å². The third kappa shape index (κ3) is 2.18. The van der Waals surface area contributed by atoms with Gasteiger partial charge in [0.2, 0.25) is 6.79 Å². The summed E-state index contributed by atoms with van der Waals surface area (Å²) in [6, 6.07) is 4.96. The Morgan fingerprint density at radius 1 is 1.00 bits per heavy atom. The predicted molar refractivity (Wildman–Crippen MR) is 58.6 cm³/mol. The normalized spacial score (nSPS) is 13.6. The fraction of sp³-hybridized carbons (Fsp3) is 0.167. The number of ether oxygens (including phenoxy) is 2. The molecule has 1 aliphatic rings. The van der Waals surface area contributed by atoms with E-state index in [1.54, 1.807) is 18.2 Å². The highest BCUT2D eigenvalue weighted by atomic mass is 19.4. The van der Waals surface area contributed by atoms with Gasteiger partial charge >= 0.3 is 6.18 Å². The average molecular weight is 268 g/mol. The molecule has 0 bridgehead atoms. The quantitative estimate of drug-likeness (QED) is 0.797. The van der Waals surface area contributed by atoms with Crippen LogP contribution in [0.3, 0.4) is 0 Å². The minimum Gasteiger partial charge on any atom is -0.454 e. The van der Waals surface area contributed by atoms with Crippen molar-refractivity contribution in [2.45, 2.75) is 6.18 Å². The Balaban J connectivity index is 1.94. The topological polar surface area (TPSA) is 44.2 Å². The monoisotopic (exact) mass is 268 g/mol. The lowest BCUT2D eigenvalue weighted by molar-refractivity contribution is -0.138. The number of alkyl halides is 3. The van der Waals surface area contributed by atoms with Crippen LogP contribution in [0.15, 0.2) is 30.6 Å². The van der Waals surface area contributed by atoms with Gasteiger partial charge in [-0.15, -0.1) is 0 Å². The molecule has 3 rings (SSSR count). The standard InChI is InChI=1S/C12H7F3N2O2/c13-12(14,15)8-4-16-11(17-5-8)7-1-2-9-10(3-7)19-6-18-9/h1-5H,6H2. The van der Waals surface area contributed by atoms with Crippen molar-refractivity contribution in [3.63, 3.8) is 0 Å². The Morgan fingerprint density at radius 3 is 2.37 bits per heavy atom. The lowest BCUT2D eigenvalue weighted by Gasteiger charge is -2.06. The van der Waals surface area contributed by atoms with Crippen LogP contribution in [0.2, 0.25) is 0 Å². The highest BCUT2D eigenvalue weighted by Crippen LogP contribution is 2.35. The van der Waals surface area contributed by atoms with Gasteiger partial charge in [-0.3, -0.25) is 0 Å². The molecule has 2 aromatic rings. The van der Waals surface area contributed by atoms with Gasteiger partial charge in [-0.2, -0.15) is 13.2 Å². The van der Waals surface area contributed by atoms with Crippen molar-refractivity contribution in [3.05, 3.63) is 36.2 Å². The van der Waals surface area contributed by atoms with Crippen molar-refractivity contribution in [2.75, 3.05) is 6.79 Å². The molecule has 0 fully saturated rings. The summed E-state index contributed by atoms with van der Waals surface area (Å²) in [7, 11) is 0. The van der Waals surface area contributed by atoms with Crippen LogP contribution < -0.4 is 9.47 Å². The van der Waals surface area contributed by atoms with Crippen LogP contribution in [0.1, 0.15) is 5.56 Å². The fourth-order valence-electron chi connectivity index (χ4n) is 1.66. The zero-order valence-electron chi connectivity index (χ0n) is 9.44. The van der Waals surface area contributed by atoms with E-state index in [1.807, 2.05) is 0 Å². The summed E-state index contributed by atoms with van der Waals surface area (Å²) >= 11 is 0. The van der Waals surface area contributed by atoms with E-state index in [0.29, 0.717) is 17.1 Å². The van der Waals surface area contributed by atoms with Crippen LogP contribution >= 0.6 is 0 Å². The Kier molecular flexibility index (Phi) is 2.55. The van der Waals surface area contributed by atoms with Gasteiger partial charge < -0.3 is 9.47 Å². The third-order valence-electron chi connectivity index (χ3n) is 2.61. The predicted octanol–water partition coefficient (Wildman–Crippen LogP) is 2.89. The summed E-state index contributed by atoms with van der Waals surface area (Å²) in [5.74, 6) is 1.32. The molecule has 0 atom stereocenters. The molecule has 0 aliphatic carbocycles. The maximum Gasteiger partial charge on any atom is 0.419 e. The molecule has 98 valence electrons. The van der Waals surface area contributed by atoms with E-state index in [4.69, 9.17) is 9.47 Å². The molecule has 0 spiro atoms. The number of hydrogen-bond donors (Lipinski definition) is 0. The van der Waals surface area contributed by atoms with E-state index >= 15 is 0 Å². The Bertz CT molecular complexity index is 611. The molecule has 19 heavy (non-hydrogen) atoms. The van der Waals surface area contributed by atoms with E-state index in [1.165, 1.54) is 0 Å². The molecular formula is C12H7F3N2O2. The Labute approximate surface area is 105 Å². The number of rotatable bonds is 1. The first-order valence-corrected chi connectivity index (χ1v) is 5.33. The maximum atomic E-state index is 12.4. The second-order valence-corrected chi connectivity index (χ2v) is 3.86. The van der Waals surface area contributed by atoms with Gasteiger partial charge in [-0.1, -0.05) is 0 Å². The van der Waals surface area contributed by atoms with Crippen LogP contribution in [0.25, 0.3) is 11.4 Å². The van der Waals surface area contributed by atoms with Crippen molar-refractivity contribution in [1.82, 2.24) is 9.97 Å². The summed E-state index contributed by atoms with van der Waals surface area (Å²) in [5, 5.41) is 0. The number of fused-ring (bicyclic) bond motifs is 1. The second-order valence-electron chi connectivity index (χ2n) is 3.86. The minimum absolute atomic E-state index is 0.132. The molecule has 0 saturated carbocycles. The van der Waals surface area contributed by atoms with Crippen LogP contribution in [-0.2, 0) is 6.18 Å². The summed E-state index contributed by atoms with van der Waals surface area (Å²) in [6.07, 6.45) is -2.92. The van der Waals surface area contributed by atoms with Gasteiger partial charge in [-0.25, -0.2) is 9.97 Å². The van der Waals surface area contributed by atoms with Gasteiger partial charge in [0.1, 0.15) is 0 Å². The van der Waals surface area contributed by atoms with E-state index in [9.17, 15) is 13.2 Å². The van der Waals surface area contributed by atoms with Gasteiger partial charge in [-0.05, 0) is 18.2 Å². The van der Waals surface area contributed by atoms with Crippen LogP contribution in [0.5, 0.6) is 11.5 Å². The molecule has 0 unspecified atom stereocenters. The molecule has 7 heteroatoms. The zero-order chi connectivity index (χ0) is 13.5. The summed E-state index contributed by atoms with van der Waals surface area (Å²) < 4.78 is 47.5. The Hall–Kier alpha value is -2.31. The fourth-order valence-corrected chi connectivity index (χ4v) is 1.66. The van der Waals surface area contributed by atoms with Crippen molar-refractivity contribution in [3.8, 4) is 22.9 Å². The van der Waals surface area contributed by atoms with Crippen LogP contribution in [0, 0.1) is 0 Å². The average Bonchev–Trinajstić information content (AvgIpc) is 2.85. The van der Waals surface area contributed by atoms with Crippen LogP contribution in [-0.4, -0.2) is 16.8 Å². The maximum absolute atomic E-state index is 12.4. The first-order chi connectivity index (χ1) is 9.04. The van der Waals surface area contributed by atoms with E-state index < -0.39 is 11.7 Å². The van der Waals surface area contributed by atoms with Crippen molar-refractivity contribution in [2.24, 2.45) is 0 Å². The van der Waals surface area contributed by atoms with E-state index in [2.05, 4.69) is 9.97 Å². The van der Waals surface area contributed by atoms with Crippen molar-refractivity contribution in [1.29, 1.82) is 0 Å². The molecule has 4 nitrogen and oxygen atoms in total. The first kappa shape index (κ1) is 11.8. The highest BCUT2D eigenvalue weighted by Gasteiger charge is 2.31. The zero-order valence-corrected chi connectivity index (χ0v) is 9.44. The highest BCUT2D eigenvalue weighted by molar-refractivity contribution is 5.61. The Morgan fingerprint density at radius 2 is 1.68 bits per heavy atom. The summed E-state index contributed by atoms with van der Waals surface area (Å²) in [6.45, 7) is 0.132. The molecule has 0 radical (unpaired) electrons. The van der Waals surface area contributed by atoms with Gasteiger partial charge in [0.15, 0.2) is 17.3 Å². The number of nitrogens with zero attached hydrogens (tertiary/aromatic N) is 2. The number of aromatic nitrogens is 2. The van der Waals surface area contributed by atoms with Crippen molar-refractivity contribution < 1.29 is 22.6 Å². The molecule has 1 aromatic carbocycles. The lowest BCUT2D eigenvalue weighted by Crippen LogP contribution is -2.06. The molecule has 1 aliphatic heterocycles. The van der Waals surface area contributed by atoms with Gasteiger partial charge in [0, 0.05) is 18.0 Å². The van der Waals surface area contributed by atoms with Gasteiger partial charge in [0.25, 0.3) is 0 Å². The first-order valence-electron chi connectivity index (χ1n) is 5.33. The second kappa shape index (κ2) is 4.11. The molecule has 1 aromatic heterocycles. The SMILES string of the molecule is FC(F)(F)c1cnc(-c2ccc3c(c2)OCO3)nc1. The molecule has 0 saturated heterocycles. The third-order valence-corrected chi connectivity index (χ3v) is 2.61. The summed E-state index contributed by atoms with van der Waals surface area (Å²) in [5.41, 5.74) is -0.310. The largest absolute Gasteiger partial charge is 0.454 e. The molecular weight excluding hydrogens is 261 g/mol. The molecule has 0 amide bonds. The minimum atomic E-state index is -4.44. The van der Waals surface area contributed by atoms with Gasteiger partial charge in [0.05, 0.1) is 5.56 Å². The van der Waals surface area contributed by atoms with Crippen molar-refractivity contribution >= 4 is 0 Å². The van der Waals surface area contributed by atoms with E-state index in [0.717, 1.165) is 12.4 Å². The number of benzene rings is 1. The smallest absolute Gasteiger partial charge is 0.419 e. The number of hydrogen-bond acceptors (Lipinski definition) is 4. The lowest BCUT2D eigenvalue weighted by atomic mass is 10.2. The van der Waals surface area contributed by atoms with E-state index in [-0.39, 0.29) is 12.6 Å².